The van der Waals surface area contributed by atoms with Crippen molar-refractivity contribution in [3.05, 3.63) is 114 Å². The lowest BCUT2D eigenvalue weighted by atomic mass is 9.75. The maximum absolute atomic E-state index is 13.7. The first-order chi connectivity index (χ1) is 24.3. The summed E-state index contributed by atoms with van der Waals surface area (Å²) in [5.74, 6) is -0.140. The predicted molar refractivity (Wildman–Crippen MR) is 203 cm³/mol. The average Bonchev–Trinajstić information content (AvgIpc) is 3.37. The molecule has 264 valence electrons. The van der Waals surface area contributed by atoms with Crippen molar-refractivity contribution in [3.8, 4) is 22.8 Å². The molecule has 1 atom stereocenters. The third-order valence-corrected chi connectivity index (χ3v) is 10.5. The summed E-state index contributed by atoms with van der Waals surface area (Å²) in [5, 5.41) is 12.2. The minimum absolute atomic E-state index is 0.154. The number of methoxy groups -OCH3 is 1. The molecule has 0 aliphatic heterocycles. The summed E-state index contributed by atoms with van der Waals surface area (Å²) in [7, 11) is 1.60. The number of aromatic nitrogens is 3. The Morgan fingerprint density at radius 1 is 0.941 bits per heavy atom. The van der Waals surface area contributed by atoms with Gasteiger partial charge in [0.25, 0.3) is 0 Å². The van der Waals surface area contributed by atoms with Crippen LogP contribution in [0.1, 0.15) is 70.8 Å². The van der Waals surface area contributed by atoms with Gasteiger partial charge in [0, 0.05) is 61.9 Å². The van der Waals surface area contributed by atoms with E-state index >= 15 is 0 Å². The van der Waals surface area contributed by atoms with E-state index < -0.39 is 11.4 Å². The molecule has 7 nitrogen and oxygen atoms in total. The number of hydrogen-bond acceptors (Lipinski definition) is 6. The van der Waals surface area contributed by atoms with Gasteiger partial charge in [0.15, 0.2) is 0 Å². The molecule has 0 aliphatic rings. The van der Waals surface area contributed by atoms with Crippen molar-refractivity contribution in [2.75, 3.05) is 7.11 Å². The Morgan fingerprint density at radius 2 is 1.69 bits per heavy atom. The zero-order chi connectivity index (χ0) is 36.5. The second-order valence-corrected chi connectivity index (χ2v) is 16.2. The molecule has 0 radical (unpaired) electrons. The van der Waals surface area contributed by atoms with Crippen LogP contribution in [0, 0.1) is 11.2 Å². The summed E-state index contributed by atoms with van der Waals surface area (Å²) >= 11 is 1.76. The average molecular weight is 706 g/mol. The molecule has 6 rings (SSSR count). The number of carbonyl (C=O) groups is 1. The molecule has 0 saturated heterocycles. The quantitative estimate of drug-likeness (QED) is 0.127. The largest absolute Gasteiger partial charge is 0.487 e. The van der Waals surface area contributed by atoms with E-state index in [0.29, 0.717) is 30.1 Å². The van der Waals surface area contributed by atoms with E-state index in [1.165, 1.54) is 12.1 Å². The molecule has 0 bridgehead atoms. The Labute approximate surface area is 302 Å². The monoisotopic (exact) mass is 705 g/mol. The number of rotatable bonds is 12. The van der Waals surface area contributed by atoms with E-state index in [1.54, 1.807) is 31.1 Å². The first-order valence-electron chi connectivity index (χ1n) is 17.1. The molecule has 3 aromatic heterocycles. The second-order valence-electron chi connectivity index (χ2n) is 14.4. The van der Waals surface area contributed by atoms with Crippen molar-refractivity contribution in [2.45, 2.75) is 76.7 Å². The van der Waals surface area contributed by atoms with Gasteiger partial charge in [0.05, 0.1) is 23.7 Å². The fraction of sp³-hybridized carbons (Fsp3) is 0.310. The molecule has 0 amide bonds. The number of nitrogens with zero attached hydrogens (tertiary/aromatic N) is 3. The van der Waals surface area contributed by atoms with Crippen molar-refractivity contribution in [1.82, 2.24) is 14.5 Å². The minimum Gasteiger partial charge on any atom is -0.487 e. The van der Waals surface area contributed by atoms with Gasteiger partial charge < -0.3 is 19.1 Å². The van der Waals surface area contributed by atoms with Gasteiger partial charge in [-0.05, 0) is 79.9 Å². The Bertz CT molecular complexity index is 2190. The van der Waals surface area contributed by atoms with Gasteiger partial charge in [-0.2, -0.15) is 0 Å². The Balaban J connectivity index is 1.43. The standard InChI is InChI=1S/C42H44FN3O4S/c1-8-34(42(5,6)40(47)48)38-39(51-41(2,3)4)33-22-32(50-25-31-16-13-28-21-30(43)15-18-35(28)45-31)17-19-36(33)46(38)24-26-9-11-27(12-10-26)29-14-20-37(49-7)44-23-29/h9-23,34H,8,24-25H2,1-7H3,(H,47,48). The molecule has 1 unspecified atom stereocenters. The number of aliphatic carboxylic acids is 1. The van der Waals surface area contributed by atoms with Gasteiger partial charge in [-0.15, -0.1) is 11.8 Å². The molecule has 6 aromatic rings. The smallest absolute Gasteiger partial charge is 0.309 e. The third-order valence-electron chi connectivity index (χ3n) is 9.26. The molecular weight excluding hydrogens is 662 g/mol. The van der Waals surface area contributed by atoms with Crippen molar-refractivity contribution in [3.63, 3.8) is 0 Å². The molecule has 0 saturated carbocycles. The highest BCUT2D eigenvalue weighted by Crippen LogP contribution is 2.50. The first kappa shape index (κ1) is 35.9. The highest BCUT2D eigenvalue weighted by Gasteiger charge is 2.41. The Morgan fingerprint density at radius 3 is 2.33 bits per heavy atom. The number of benzene rings is 3. The van der Waals surface area contributed by atoms with E-state index in [0.717, 1.165) is 49.3 Å². The van der Waals surface area contributed by atoms with Crippen LogP contribution in [0.25, 0.3) is 32.9 Å². The normalized spacial score (nSPS) is 12.7. The zero-order valence-corrected chi connectivity index (χ0v) is 31.0. The first-order valence-corrected chi connectivity index (χ1v) is 17.9. The molecule has 0 fully saturated rings. The van der Waals surface area contributed by atoms with Crippen LogP contribution < -0.4 is 9.47 Å². The van der Waals surface area contributed by atoms with Crippen molar-refractivity contribution < 1.29 is 23.8 Å². The number of thioether (sulfide) groups is 1. The summed E-state index contributed by atoms with van der Waals surface area (Å²) < 4.78 is 27.4. The van der Waals surface area contributed by atoms with Crippen molar-refractivity contribution in [2.24, 2.45) is 5.41 Å². The molecule has 9 heteroatoms. The van der Waals surface area contributed by atoms with Crippen molar-refractivity contribution >= 4 is 39.5 Å². The number of hydrogen-bond donors (Lipinski definition) is 1. The van der Waals surface area contributed by atoms with E-state index in [2.05, 4.69) is 78.6 Å². The molecular formula is C42H44FN3O4S. The van der Waals surface area contributed by atoms with Gasteiger partial charge in [-0.1, -0.05) is 58.0 Å². The number of fused-ring (bicyclic) bond motifs is 2. The molecule has 1 N–H and O–H groups in total. The van der Waals surface area contributed by atoms with E-state index in [1.807, 2.05) is 44.2 Å². The Kier molecular flexibility index (Phi) is 10.1. The predicted octanol–water partition coefficient (Wildman–Crippen LogP) is 10.5. The van der Waals surface area contributed by atoms with Gasteiger partial charge in [-0.3, -0.25) is 4.79 Å². The SMILES string of the molecule is CCC(c1c(SC(C)(C)C)c2cc(OCc3ccc4cc(F)ccc4n3)ccc2n1Cc1ccc(-c2ccc(OC)nc2)cc1)C(C)(C)C(=O)O. The van der Waals surface area contributed by atoms with E-state index in [4.69, 9.17) is 9.47 Å². The van der Waals surface area contributed by atoms with Gasteiger partial charge in [0.2, 0.25) is 5.88 Å². The maximum Gasteiger partial charge on any atom is 0.309 e. The summed E-state index contributed by atoms with van der Waals surface area (Å²) in [5.41, 5.74) is 5.58. The fourth-order valence-electron chi connectivity index (χ4n) is 6.57. The highest BCUT2D eigenvalue weighted by molar-refractivity contribution is 8.00. The van der Waals surface area contributed by atoms with E-state index in [9.17, 15) is 14.3 Å². The lowest BCUT2D eigenvalue weighted by molar-refractivity contribution is -0.148. The van der Waals surface area contributed by atoms with Crippen LogP contribution in [-0.4, -0.2) is 37.5 Å². The second kappa shape index (κ2) is 14.4. The number of ether oxygens (including phenoxy) is 2. The van der Waals surface area contributed by atoms with Gasteiger partial charge in [-0.25, -0.2) is 14.4 Å². The van der Waals surface area contributed by atoms with Crippen molar-refractivity contribution in [1.29, 1.82) is 0 Å². The van der Waals surface area contributed by atoms with Crippen LogP contribution in [-0.2, 0) is 17.9 Å². The number of pyridine rings is 2. The minimum atomic E-state index is -1.02. The van der Waals surface area contributed by atoms with Crippen LogP contribution in [0.5, 0.6) is 11.6 Å². The molecule has 3 aromatic carbocycles. The summed E-state index contributed by atoms with van der Waals surface area (Å²) in [4.78, 5) is 22.9. The topological polar surface area (TPSA) is 86.5 Å². The fourth-order valence-corrected chi connectivity index (χ4v) is 7.81. The van der Waals surface area contributed by atoms with E-state index in [-0.39, 0.29) is 23.1 Å². The molecule has 51 heavy (non-hydrogen) atoms. The van der Waals surface area contributed by atoms with Crippen LogP contribution >= 0.6 is 11.8 Å². The van der Waals surface area contributed by atoms with Gasteiger partial charge >= 0.3 is 5.97 Å². The molecule has 3 heterocycles. The van der Waals surface area contributed by atoms with Gasteiger partial charge in [0.1, 0.15) is 18.2 Å². The lowest BCUT2D eigenvalue weighted by Crippen LogP contribution is -2.33. The molecule has 0 aliphatic carbocycles. The summed E-state index contributed by atoms with van der Waals surface area (Å²) in [6.07, 6.45) is 2.45. The van der Waals surface area contributed by atoms with Crippen LogP contribution in [0.15, 0.2) is 96.0 Å². The summed E-state index contributed by atoms with van der Waals surface area (Å²) in [6, 6.07) is 26.7. The number of carboxylic acids is 1. The lowest BCUT2D eigenvalue weighted by Gasteiger charge is -2.32. The number of halogens is 1. The Hall–Kier alpha value is -4.89. The van der Waals surface area contributed by atoms with Crippen LogP contribution in [0.4, 0.5) is 4.39 Å². The molecule has 0 spiro atoms. The van der Waals surface area contributed by atoms with Crippen LogP contribution in [0.2, 0.25) is 0 Å². The number of carboxylic acid groups (broad SMARTS) is 1. The summed E-state index contributed by atoms with van der Waals surface area (Å²) in [6.45, 7) is 13.1. The highest BCUT2D eigenvalue weighted by atomic mass is 32.2. The third kappa shape index (κ3) is 7.73. The maximum atomic E-state index is 13.7. The van der Waals surface area contributed by atoms with Crippen LogP contribution in [0.3, 0.4) is 0 Å². The zero-order valence-electron chi connectivity index (χ0n) is 30.2.